The van der Waals surface area contributed by atoms with Gasteiger partial charge in [-0.1, -0.05) is 18.2 Å². The van der Waals surface area contributed by atoms with E-state index < -0.39 is 27.0 Å². The second-order valence-electron chi connectivity index (χ2n) is 9.87. The zero-order chi connectivity index (χ0) is 30.2. The van der Waals surface area contributed by atoms with Crippen molar-refractivity contribution in [3.8, 4) is 11.1 Å². The summed E-state index contributed by atoms with van der Waals surface area (Å²) in [6.07, 6.45) is 1.04. The highest BCUT2D eigenvalue weighted by atomic mass is 127. The maximum atomic E-state index is 14.9. The Balaban J connectivity index is 2.07. The third-order valence-corrected chi connectivity index (χ3v) is 8.98. The molecule has 0 radical (unpaired) electrons. The molecule has 0 aliphatic heterocycles. The average Bonchev–Trinajstić information content (AvgIpc) is 2.87. The van der Waals surface area contributed by atoms with E-state index in [1.54, 1.807) is 43.3 Å². The molecule has 0 unspecified atom stereocenters. The van der Waals surface area contributed by atoms with E-state index >= 15 is 0 Å². The zero-order valence-corrected chi connectivity index (χ0v) is 26.1. The summed E-state index contributed by atoms with van der Waals surface area (Å²) in [5, 5.41) is 2.83. The third-order valence-electron chi connectivity index (χ3n) is 6.99. The highest BCUT2D eigenvalue weighted by molar-refractivity contribution is 14.1. The van der Waals surface area contributed by atoms with E-state index in [9.17, 15) is 27.2 Å². The Kier molecular flexibility index (Phi) is 8.85. The molecule has 0 fully saturated rings. The smallest absolute Gasteiger partial charge is 0.339 e. The lowest BCUT2D eigenvalue weighted by molar-refractivity contribution is -0.114. The molecule has 2 aromatic carbocycles. The fourth-order valence-corrected chi connectivity index (χ4v) is 5.57. The summed E-state index contributed by atoms with van der Waals surface area (Å²) in [6, 6.07) is 11.6. The second kappa shape index (κ2) is 11.9. The number of rotatable bonds is 8. The van der Waals surface area contributed by atoms with Gasteiger partial charge in [0.1, 0.15) is 5.82 Å². The number of aromatic nitrogens is 1. The quantitative estimate of drug-likeness (QED) is 0.273. The van der Waals surface area contributed by atoms with E-state index in [4.69, 9.17) is 4.42 Å². The minimum atomic E-state index is -3.51. The predicted octanol–water partition coefficient (Wildman–Crippen LogP) is 4.42. The highest BCUT2D eigenvalue weighted by Gasteiger charge is 2.24. The van der Waals surface area contributed by atoms with Gasteiger partial charge in [-0.25, -0.2) is 21.9 Å². The molecule has 0 saturated carbocycles. The minimum Gasteiger partial charge on any atom is -0.422 e. The van der Waals surface area contributed by atoms with Crippen LogP contribution in [0.15, 0.2) is 56.5 Å². The number of benzene rings is 2. The number of likely N-dealkylation sites (N-methyl/N-ethyl adjacent to an activating group) is 1. The van der Waals surface area contributed by atoms with Crippen molar-refractivity contribution in [3.63, 3.8) is 0 Å². The summed E-state index contributed by atoms with van der Waals surface area (Å²) in [7, 11) is -2.10. The molecule has 0 bridgehead atoms. The first kappa shape index (κ1) is 30.6. The fourth-order valence-electron chi connectivity index (χ4n) is 4.70. The number of fused-ring (bicyclic) bond motifs is 1. The molecule has 0 saturated heterocycles. The van der Waals surface area contributed by atoms with Crippen LogP contribution in [0.2, 0.25) is 0 Å². The summed E-state index contributed by atoms with van der Waals surface area (Å²) in [4.78, 5) is 38.9. The number of anilines is 1. The number of sulfonamides is 1. The van der Waals surface area contributed by atoms with E-state index in [-0.39, 0.29) is 42.0 Å². The van der Waals surface area contributed by atoms with Crippen molar-refractivity contribution in [3.05, 3.63) is 95.0 Å². The second-order valence-corrected chi connectivity index (χ2v) is 13.2. The minimum absolute atomic E-state index is 0.00725. The number of hydrogen-bond donors (Lipinski definition) is 1. The van der Waals surface area contributed by atoms with Gasteiger partial charge in [-0.05, 0) is 77.4 Å². The van der Waals surface area contributed by atoms with Crippen molar-refractivity contribution in [2.75, 3.05) is 25.2 Å². The Labute approximate surface area is 250 Å². The zero-order valence-electron chi connectivity index (χ0n) is 23.2. The van der Waals surface area contributed by atoms with Crippen LogP contribution >= 0.6 is 22.6 Å². The number of carbonyl (C=O) groups excluding carboxylic acids is 1. The summed E-state index contributed by atoms with van der Waals surface area (Å²) >= 11 is 2.00. The molecule has 9 nitrogen and oxygen atoms in total. The number of nitrogens with zero attached hydrogens (tertiary/aromatic N) is 2. The lowest BCUT2D eigenvalue weighted by atomic mass is 9.94. The van der Waals surface area contributed by atoms with Crippen LogP contribution in [-0.4, -0.2) is 43.0 Å². The van der Waals surface area contributed by atoms with E-state index in [0.717, 1.165) is 10.6 Å². The first-order valence-electron chi connectivity index (χ1n) is 12.6. The van der Waals surface area contributed by atoms with Gasteiger partial charge in [0.25, 0.3) is 5.56 Å². The van der Waals surface area contributed by atoms with Crippen molar-refractivity contribution in [2.24, 2.45) is 0 Å². The largest absolute Gasteiger partial charge is 0.422 e. The highest BCUT2D eigenvalue weighted by Crippen LogP contribution is 2.34. The average molecular weight is 694 g/mol. The molecule has 4 rings (SSSR count). The number of carbonyl (C=O) groups is 1. The maximum Gasteiger partial charge on any atom is 0.339 e. The van der Waals surface area contributed by atoms with Gasteiger partial charge in [-0.15, -0.1) is 0 Å². The van der Waals surface area contributed by atoms with Crippen molar-refractivity contribution < 1.29 is 22.0 Å². The SMILES string of the molecule is CC(=O)Nc1cccc(-c2c(C)n(CCN(C)S(C)(=O)=O)c(=O)c3c(Cc4ccc(I)cc4F)c(C)c(=O)oc23)c1. The molecule has 0 aliphatic rings. The van der Waals surface area contributed by atoms with Crippen molar-refractivity contribution in [1.82, 2.24) is 8.87 Å². The van der Waals surface area contributed by atoms with Gasteiger partial charge in [0.05, 0.1) is 11.6 Å². The topological polar surface area (TPSA) is 119 Å². The molecule has 1 N–H and O–H groups in total. The van der Waals surface area contributed by atoms with E-state index in [2.05, 4.69) is 5.32 Å². The molecule has 41 heavy (non-hydrogen) atoms. The molecule has 0 spiro atoms. The van der Waals surface area contributed by atoms with Crippen LogP contribution in [0.1, 0.15) is 29.3 Å². The van der Waals surface area contributed by atoms with Crippen LogP contribution < -0.4 is 16.5 Å². The van der Waals surface area contributed by atoms with Gasteiger partial charge in [0, 0.05) is 59.6 Å². The number of hydrogen-bond acceptors (Lipinski definition) is 6. The molecular weight excluding hydrogens is 664 g/mol. The lowest BCUT2D eigenvalue weighted by Crippen LogP contribution is -2.33. The Morgan fingerprint density at radius 1 is 1.15 bits per heavy atom. The van der Waals surface area contributed by atoms with Crippen LogP contribution in [0, 0.1) is 23.2 Å². The Morgan fingerprint density at radius 3 is 2.49 bits per heavy atom. The fraction of sp³-hybridized carbons (Fsp3) is 0.276. The van der Waals surface area contributed by atoms with E-state index in [1.807, 2.05) is 22.6 Å². The summed E-state index contributed by atoms with van der Waals surface area (Å²) in [6.45, 7) is 4.61. The number of pyridine rings is 1. The van der Waals surface area contributed by atoms with E-state index in [1.165, 1.54) is 31.5 Å². The Hall–Kier alpha value is -3.36. The first-order valence-corrected chi connectivity index (χ1v) is 15.5. The molecule has 2 heterocycles. The molecule has 1 amide bonds. The molecular formula is C29H29FIN3O6S. The summed E-state index contributed by atoms with van der Waals surface area (Å²) in [5.74, 6) is -0.746. The predicted molar refractivity (Wildman–Crippen MR) is 165 cm³/mol. The number of amides is 1. The standard InChI is InChI=1S/C29H29FIN3O6S/c1-16-23(14-19-9-10-21(31)15-24(19)30)26-27(40-29(16)37)25(20-7-6-8-22(13-20)32-18(3)35)17(2)34(28(26)36)12-11-33(4)41(5,38)39/h6-10,13,15H,11-12,14H2,1-5H3,(H,32,35). The first-order chi connectivity index (χ1) is 19.2. The van der Waals surface area contributed by atoms with Gasteiger partial charge < -0.3 is 14.3 Å². The van der Waals surface area contributed by atoms with Crippen LogP contribution in [-0.2, 0) is 27.8 Å². The summed E-state index contributed by atoms with van der Waals surface area (Å²) in [5.41, 5.74) is 1.60. The Morgan fingerprint density at radius 2 is 1.85 bits per heavy atom. The molecule has 0 atom stereocenters. The van der Waals surface area contributed by atoms with Gasteiger partial charge >= 0.3 is 5.63 Å². The number of nitrogens with one attached hydrogen (secondary N) is 1. The van der Waals surface area contributed by atoms with Crippen LogP contribution in [0.3, 0.4) is 0 Å². The van der Waals surface area contributed by atoms with Crippen molar-refractivity contribution in [2.45, 2.75) is 33.7 Å². The van der Waals surface area contributed by atoms with Gasteiger partial charge in [0.2, 0.25) is 15.9 Å². The molecule has 0 aliphatic carbocycles. The molecule has 216 valence electrons. The van der Waals surface area contributed by atoms with Gasteiger partial charge in [0.15, 0.2) is 5.58 Å². The molecule has 4 aromatic rings. The van der Waals surface area contributed by atoms with Gasteiger partial charge in [-0.2, -0.15) is 0 Å². The van der Waals surface area contributed by atoms with Crippen LogP contribution in [0.4, 0.5) is 10.1 Å². The Bertz CT molecular complexity index is 1920. The molecule has 2 aromatic heterocycles. The summed E-state index contributed by atoms with van der Waals surface area (Å²) < 4.78 is 48.1. The van der Waals surface area contributed by atoms with Crippen LogP contribution in [0.25, 0.3) is 22.1 Å². The van der Waals surface area contributed by atoms with Gasteiger partial charge in [-0.3, -0.25) is 9.59 Å². The normalized spacial score (nSPS) is 11.8. The van der Waals surface area contributed by atoms with Crippen LogP contribution in [0.5, 0.6) is 0 Å². The third kappa shape index (κ3) is 6.44. The number of halogens is 2. The monoisotopic (exact) mass is 693 g/mol. The van der Waals surface area contributed by atoms with Crippen molar-refractivity contribution in [1.29, 1.82) is 0 Å². The van der Waals surface area contributed by atoms with E-state index in [0.29, 0.717) is 37.2 Å². The molecule has 12 heteroatoms. The lowest BCUT2D eigenvalue weighted by Gasteiger charge is -2.21. The maximum absolute atomic E-state index is 14.9. The van der Waals surface area contributed by atoms with Crippen molar-refractivity contribution >= 4 is 55.2 Å².